The van der Waals surface area contributed by atoms with Gasteiger partial charge in [-0.25, -0.2) is 9.97 Å². The predicted octanol–water partition coefficient (Wildman–Crippen LogP) is 4.26. The third-order valence-electron chi connectivity index (χ3n) is 4.15. The highest BCUT2D eigenvalue weighted by Crippen LogP contribution is 2.27. The molecule has 0 aliphatic heterocycles. The summed E-state index contributed by atoms with van der Waals surface area (Å²) in [5.74, 6) is 0. The van der Waals surface area contributed by atoms with Gasteiger partial charge in [0.2, 0.25) is 0 Å². The van der Waals surface area contributed by atoms with Gasteiger partial charge in [-0.2, -0.15) is 0 Å². The molecule has 0 spiro atoms. The molecule has 1 N–H and O–H groups in total. The number of aryl methyl sites for hydroxylation is 1. The average Bonchev–Trinajstić information content (AvgIpc) is 2.95. The normalized spacial score (nSPS) is 11.3. The number of hydrogen-bond acceptors (Lipinski definition) is 2. The maximum Gasteiger partial charge on any atom is 0.116 e. The molecule has 0 amide bonds. The number of nitrogens with zero attached hydrogens (tertiary/aromatic N) is 2. The van der Waals surface area contributed by atoms with Crippen molar-refractivity contribution in [3.8, 4) is 0 Å². The molecule has 0 saturated carbocycles. The van der Waals surface area contributed by atoms with E-state index in [1.165, 1.54) is 16.5 Å². The molecule has 4 rings (SSSR count). The lowest BCUT2D eigenvalue weighted by Crippen LogP contribution is -1.94. The summed E-state index contributed by atoms with van der Waals surface area (Å²) < 4.78 is 0. The Balaban J connectivity index is 1.89. The number of fused-ring (bicyclic) bond motifs is 3. The second-order valence-electron chi connectivity index (χ2n) is 5.56. The zero-order valence-electron chi connectivity index (χ0n) is 12.5. The summed E-state index contributed by atoms with van der Waals surface area (Å²) >= 11 is 0. The van der Waals surface area contributed by atoms with E-state index in [1.807, 2.05) is 6.07 Å². The highest BCUT2D eigenvalue weighted by molar-refractivity contribution is 6.05. The minimum atomic E-state index is 0.813. The Morgan fingerprint density at radius 1 is 0.955 bits per heavy atom. The molecule has 0 radical (unpaired) electrons. The number of rotatable bonds is 3. The van der Waals surface area contributed by atoms with Crippen molar-refractivity contribution >= 4 is 21.9 Å². The van der Waals surface area contributed by atoms with Crippen LogP contribution in [-0.2, 0) is 12.8 Å². The highest BCUT2D eigenvalue weighted by atomic mass is 14.9. The van der Waals surface area contributed by atoms with Crippen molar-refractivity contribution < 1.29 is 0 Å². The molecule has 3 heteroatoms. The van der Waals surface area contributed by atoms with Crippen LogP contribution in [0.25, 0.3) is 21.9 Å². The Hall–Kier alpha value is -2.68. The molecule has 0 saturated heterocycles. The molecule has 2 aromatic heterocycles. The van der Waals surface area contributed by atoms with E-state index in [2.05, 4.69) is 64.3 Å². The van der Waals surface area contributed by atoms with Crippen molar-refractivity contribution in [2.75, 3.05) is 0 Å². The fourth-order valence-electron chi connectivity index (χ4n) is 2.93. The topological polar surface area (TPSA) is 41.6 Å². The standard InChI is InChI=1S/C19H17N3/c1-2-13-8-9-16-15(10-13)18-19(22-16)17(20-12-21-18)11-14-6-4-3-5-7-14/h3-10,12,22H,2,11H2,1H3. The maximum absolute atomic E-state index is 4.50. The third kappa shape index (κ3) is 2.15. The molecule has 3 nitrogen and oxygen atoms in total. The summed E-state index contributed by atoms with van der Waals surface area (Å²) in [4.78, 5) is 12.5. The van der Waals surface area contributed by atoms with Gasteiger partial charge >= 0.3 is 0 Å². The van der Waals surface area contributed by atoms with Gasteiger partial charge in [-0.1, -0.05) is 43.3 Å². The minimum Gasteiger partial charge on any atom is -0.352 e. The van der Waals surface area contributed by atoms with Gasteiger partial charge in [0.05, 0.1) is 16.7 Å². The highest BCUT2D eigenvalue weighted by Gasteiger charge is 2.11. The minimum absolute atomic E-state index is 0.813. The van der Waals surface area contributed by atoms with Crippen LogP contribution in [0.4, 0.5) is 0 Å². The van der Waals surface area contributed by atoms with E-state index in [0.717, 1.165) is 35.1 Å². The Morgan fingerprint density at radius 2 is 1.82 bits per heavy atom. The van der Waals surface area contributed by atoms with Crippen molar-refractivity contribution in [1.29, 1.82) is 0 Å². The average molecular weight is 287 g/mol. The second-order valence-corrected chi connectivity index (χ2v) is 5.56. The Kier molecular flexibility index (Phi) is 3.11. The van der Waals surface area contributed by atoms with Crippen LogP contribution in [0.1, 0.15) is 23.7 Å². The molecular weight excluding hydrogens is 270 g/mol. The van der Waals surface area contributed by atoms with Gasteiger partial charge in [0.15, 0.2) is 0 Å². The van der Waals surface area contributed by atoms with Crippen molar-refractivity contribution in [2.45, 2.75) is 19.8 Å². The lowest BCUT2D eigenvalue weighted by Gasteiger charge is -2.02. The van der Waals surface area contributed by atoms with Crippen LogP contribution in [0.5, 0.6) is 0 Å². The van der Waals surface area contributed by atoms with Gasteiger partial charge < -0.3 is 4.98 Å². The molecule has 0 fully saturated rings. The van der Waals surface area contributed by atoms with Crippen molar-refractivity contribution in [2.24, 2.45) is 0 Å². The SMILES string of the molecule is CCc1ccc2[nH]c3c(Cc4ccccc4)ncnc3c2c1. The molecule has 0 aliphatic rings. The number of hydrogen-bond donors (Lipinski definition) is 1. The summed E-state index contributed by atoms with van der Waals surface area (Å²) in [6.45, 7) is 2.17. The first-order chi connectivity index (χ1) is 10.8. The predicted molar refractivity (Wildman–Crippen MR) is 90.0 cm³/mol. The summed E-state index contributed by atoms with van der Waals surface area (Å²) in [6.07, 6.45) is 3.52. The van der Waals surface area contributed by atoms with Crippen LogP contribution >= 0.6 is 0 Å². The Labute approximate surface area is 129 Å². The first-order valence-electron chi connectivity index (χ1n) is 7.63. The Morgan fingerprint density at radius 3 is 2.64 bits per heavy atom. The van der Waals surface area contributed by atoms with E-state index in [-0.39, 0.29) is 0 Å². The molecule has 22 heavy (non-hydrogen) atoms. The zero-order chi connectivity index (χ0) is 14.9. The number of H-pyrrole nitrogens is 1. The van der Waals surface area contributed by atoms with Gasteiger partial charge in [-0.05, 0) is 29.7 Å². The van der Waals surface area contributed by atoms with Gasteiger partial charge in [0.25, 0.3) is 0 Å². The third-order valence-corrected chi connectivity index (χ3v) is 4.15. The molecule has 2 aromatic carbocycles. The molecular formula is C19H17N3. The summed E-state index contributed by atoms with van der Waals surface area (Å²) in [7, 11) is 0. The molecule has 0 atom stereocenters. The van der Waals surface area contributed by atoms with Gasteiger partial charge in [-0.3, -0.25) is 0 Å². The van der Waals surface area contributed by atoms with Crippen LogP contribution in [0.15, 0.2) is 54.9 Å². The Bertz CT molecular complexity index is 939. The lowest BCUT2D eigenvalue weighted by atomic mass is 10.1. The number of aromatic nitrogens is 3. The lowest BCUT2D eigenvalue weighted by molar-refractivity contribution is 1.06. The van der Waals surface area contributed by atoms with E-state index in [1.54, 1.807) is 6.33 Å². The molecule has 0 bridgehead atoms. The smallest absolute Gasteiger partial charge is 0.116 e. The van der Waals surface area contributed by atoms with Crippen molar-refractivity contribution in [1.82, 2.24) is 15.0 Å². The van der Waals surface area contributed by atoms with Gasteiger partial charge in [0, 0.05) is 17.3 Å². The van der Waals surface area contributed by atoms with Crippen molar-refractivity contribution in [3.05, 3.63) is 71.7 Å². The van der Waals surface area contributed by atoms with Crippen LogP contribution in [-0.4, -0.2) is 15.0 Å². The molecule has 108 valence electrons. The zero-order valence-corrected chi connectivity index (χ0v) is 12.5. The van der Waals surface area contributed by atoms with Crippen LogP contribution in [0, 0.1) is 0 Å². The number of nitrogens with one attached hydrogen (secondary N) is 1. The first kappa shape index (κ1) is 13.0. The summed E-state index contributed by atoms with van der Waals surface area (Å²) in [5, 5.41) is 1.19. The molecule has 0 unspecified atom stereocenters. The molecule has 0 aliphatic carbocycles. The van der Waals surface area contributed by atoms with Crippen molar-refractivity contribution in [3.63, 3.8) is 0 Å². The first-order valence-corrected chi connectivity index (χ1v) is 7.63. The largest absolute Gasteiger partial charge is 0.352 e. The maximum atomic E-state index is 4.50. The van der Waals surface area contributed by atoms with Crippen LogP contribution < -0.4 is 0 Å². The molecule has 4 aromatic rings. The van der Waals surface area contributed by atoms with E-state index in [9.17, 15) is 0 Å². The van der Waals surface area contributed by atoms with E-state index in [0.29, 0.717) is 0 Å². The summed E-state index contributed by atoms with van der Waals surface area (Å²) in [5.41, 5.74) is 6.83. The quantitative estimate of drug-likeness (QED) is 0.611. The van der Waals surface area contributed by atoms with E-state index < -0.39 is 0 Å². The summed E-state index contributed by atoms with van der Waals surface area (Å²) in [6, 6.07) is 17.0. The van der Waals surface area contributed by atoms with Gasteiger partial charge in [-0.15, -0.1) is 0 Å². The van der Waals surface area contributed by atoms with Gasteiger partial charge in [0.1, 0.15) is 6.33 Å². The fraction of sp³-hybridized carbons (Fsp3) is 0.158. The number of benzene rings is 2. The van der Waals surface area contributed by atoms with E-state index >= 15 is 0 Å². The van der Waals surface area contributed by atoms with Crippen LogP contribution in [0.2, 0.25) is 0 Å². The fourth-order valence-corrected chi connectivity index (χ4v) is 2.93. The number of aromatic amines is 1. The monoisotopic (exact) mass is 287 g/mol. The van der Waals surface area contributed by atoms with E-state index in [4.69, 9.17) is 0 Å². The van der Waals surface area contributed by atoms with Crippen LogP contribution in [0.3, 0.4) is 0 Å². The molecule has 2 heterocycles. The second kappa shape index (κ2) is 5.26.